The molecule has 33 heavy (non-hydrogen) atoms. The van der Waals surface area contributed by atoms with Gasteiger partial charge in [-0.15, -0.1) is 21.5 Å². The molecule has 1 atom stereocenters. The predicted molar refractivity (Wildman–Crippen MR) is 131 cm³/mol. The molecule has 0 bridgehead atoms. The number of morpholine rings is 1. The second-order valence-electron chi connectivity index (χ2n) is 10.1. The summed E-state index contributed by atoms with van der Waals surface area (Å²) in [6, 6.07) is 0.544. The molecule has 9 heteroatoms. The van der Waals surface area contributed by atoms with Crippen LogP contribution in [-0.4, -0.2) is 55.9 Å². The first-order valence-corrected chi connectivity index (χ1v) is 13.9. The lowest BCUT2D eigenvalue weighted by Crippen LogP contribution is -2.36. The van der Waals surface area contributed by atoms with Crippen LogP contribution < -0.4 is 0 Å². The van der Waals surface area contributed by atoms with Gasteiger partial charge in [0.05, 0.1) is 19.8 Å². The fraction of sp³-hybridized carbons (Fsp3) is 0.667. The molecule has 3 aromatic heterocycles. The quantitative estimate of drug-likeness (QED) is 0.463. The van der Waals surface area contributed by atoms with Crippen LogP contribution in [-0.2, 0) is 24.1 Å². The number of aromatic nitrogens is 5. The highest BCUT2D eigenvalue weighted by molar-refractivity contribution is 7.99. The zero-order chi connectivity index (χ0) is 22.5. The molecule has 1 unspecified atom stereocenters. The smallest absolute Gasteiger partial charge is 0.197 e. The van der Waals surface area contributed by atoms with Gasteiger partial charge in [0.1, 0.15) is 21.5 Å². The number of hydrogen-bond donors (Lipinski definition) is 0. The van der Waals surface area contributed by atoms with E-state index < -0.39 is 0 Å². The molecular weight excluding hydrogens is 452 g/mol. The van der Waals surface area contributed by atoms with Crippen LogP contribution in [0, 0.1) is 5.92 Å². The van der Waals surface area contributed by atoms with E-state index in [1.807, 2.05) is 11.3 Å². The van der Waals surface area contributed by atoms with Crippen molar-refractivity contribution < 1.29 is 4.74 Å². The van der Waals surface area contributed by atoms with E-state index in [2.05, 4.69) is 40.4 Å². The lowest BCUT2D eigenvalue weighted by Gasteiger charge is -2.25. The molecule has 6 rings (SSSR count). The molecule has 1 saturated heterocycles. The fourth-order valence-electron chi connectivity index (χ4n) is 4.97. The second kappa shape index (κ2) is 8.91. The molecule has 1 saturated carbocycles. The SMILES string of the molecule is CC1CCc2c(sc3nc(CN4CCOCC4)nc(Sc4nnc(C(C)C)n4C4CC4)c23)C1. The Labute approximate surface area is 203 Å². The number of hydrogen-bond acceptors (Lipinski definition) is 8. The first-order valence-electron chi connectivity index (χ1n) is 12.3. The second-order valence-corrected chi connectivity index (χ2v) is 12.1. The first-order chi connectivity index (χ1) is 16.1. The summed E-state index contributed by atoms with van der Waals surface area (Å²) in [5.74, 6) is 3.12. The third-order valence-corrected chi connectivity index (χ3v) is 9.04. The van der Waals surface area contributed by atoms with E-state index in [1.165, 1.54) is 35.1 Å². The van der Waals surface area contributed by atoms with Crippen molar-refractivity contribution in [3.05, 3.63) is 22.1 Å². The Morgan fingerprint density at radius 2 is 1.94 bits per heavy atom. The average molecular weight is 485 g/mol. The number of thiophene rings is 1. The molecule has 3 aromatic rings. The number of ether oxygens (including phenoxy) is 1. The number of rotatable bonds is 6. The molecule has 176 valence electrons. The van der Waals surface area contributed by atoms with Gasteiger partial charge in [0.2, 0.25) is 0 Å². The van der Waals surface area contributed by atoms with Gasteiger partial charge >= 0.3 is 0 Å². The molecule has 7 nitrogen and oxygen atoms in total. The maximum absolute atomic E-state index is 5.54. The molecule has 0 spiro atoms. The lowest BCUT2D eigenvalue weighted by atomic mass is 9.89. The van der Waals surface area contributed by atoms with Gasteiger partial charge in [-0.1, -0.05) is 20.8 Å². The minimum Gasteiger partial charge on any atom is -0.379 e. The van der Waals surface area contributed by atoms with Crippen LogP contribution in [0.5, 0.6) is 0 Å². The molecule has 1 aliphatic heterocycles. The Hall–Kier alpha value is -1.55. The lowest BCUT2D eigenvalue weighted by molar-refractivity contribution is 0.0330. The third kappa shape index (κ3) is 4.33. The highest BCUT2D eigenvalue weighted by Gasteiger charge is 2.32. The molecule has 2 fully saturated rings. The van der Waals surface area contributed by atoms with Crippen molar-refractivity contribution in [3.63, 3.8) is 0 Å². The van der Waals surface area contributed by atoms with E-state index >= 15 is 0 Å². The van der Waals surface area contributed by atoms with Gasteiger partial charge in [0.25, 0.3) is 0 Å². The summed E-state index contributed by atoms with van der Waals surface area (Å²) in [6.07, 6.45) is 5.98. The fourth-order valence-corrected chi connectivity index (χ4v) is 7.50. The topological polar surface area (TPSA) is 69.0 Å². The minimum absolute atomic E-state index is 0.366. The minimum atomic E-state index is 0.366. The van der Waals surface area contributed by atoms with E-state index in [9.17, 15) is 0 Å². The first kappa shape index (κ1) is 21.9. The maximum atomic E-state index is 5.54. The standard InChI is InChI=1S/C24H32N6OS2/c1-14(2)21-27-28-24(30(21)16-5-6-16)33-23-20-17-7-4-15(3)12-18(17)32-22(20)25-19(26-23)13-29-8-10-31-11-9-29/h14-16H,4-13H2,1-3H3. The average Bonchev–Trinajstić information content (AvgIpc) is 3.44. The molecule has 0 amide bonds. The van der Waals surface area contributed by atoms with E-state index in [0.29, 0.717) is 12.0 Å². The zero-order valence-electron chi connectivity index (χ0n) is 19.7. The van der Waals surface area contributed by atoms with Crippen molar-refractivity contribution in [1.82, 2.24) is 29.6 Å². The molecular formula is C24H32N6OS2. The van der Waals surface area contributed by atoms with Crippen molar-refractivity contribution in [3.8, 4) is 0 Å². The van der Waals surface area contributed by atoms with Crippen molar-refractivity contribution in [2.24, 2.45) is 5.92 Å². The van der Waals surface area contributed by atoms with Gasteiger partial charge in [-0.2, -0.15) is 0 Å². The number of fused-ring (bicyclic) bond motifs is 3. The van der Waals surface area contributed by atoms with Gasteiger partial charge < -0.3 is 9.30 Å². The molecule has 3 aliphatic rings. The van der Waals surface area contributed by atoms with Crippen LogP contribution in [0.4, 0.5) is 0 Å². The Morgan fingerprint density at radius 3 is 2.70 bits per heavy atom. The largest absolute Gasteiger partial charge is 0.379 e. The Kier molecular flexibility index (Phi) is 5.92. The van der Waals surface area contributed by atoms with Crippen molar-refractivity contribution in [2.75, 3.05) is 26.3 Å². The van der Waals surface area contributed by atoms with E-state index in [1.54, 1.807) is 11.8 Å². The van der Waals surface area contributed by atoms with Gasteiger partial charge in [-0.05, 0) is 55.3 Å². The van der Waals surface area contributed by atoms with Crippen LogP contribution in [0.15, 0.2) is 10.2 Å². The summed E-state index contributed by atoms with van der Waals surface area (Å²) in [4.78, 5) is 15.3. The summed E-state index contributed by atoms with van der Waals surface area (Å²) in [6.45, 7) is 11.0. The van der Waals surface area contributed by atoms with Gasteiger partial charge in [0, 0.05) is 35.3 Å². The number of aryl methyl sites for hydroxylation is 1. The van der Waals surface area contributed by atoms with Crippen LogP contribution >= 0.6 is 23.1 Å². The normalized spacial score (nSPS) is 21.8. The summed E-state index contributed by atoms with van der Waals surface area (Å²) >= 11 is 3.59. The summed E-state index contributed by atoms with van der Waals surface area (Å²) in [5, 5.41) is 12.6. The van der Waals surface area contributed by atoms with E-state index in [-0.39, 0.29) is 0 Å². The monoisotopic (exact) mass is 484 g/mol. The summed E-state index contributed by atoms with van der Waals surface area (Å²) in [5.41, 5.74) is 1.48. The van der Waals surface area contributed by atoms with Gasteiger partial charge in [-0.3, -0.25) is 4.90 Å². The zero-order valence-corrected chi connectivity index (χ0v) is 21.3. The summed E-state index contributed by atoms with van der Waals surface area (Å²) < 4.78 is 7.92. The third-order valence-electron chi connectivity index (χ3n) is 6.94. The highest BCUT2D eigenvalue weighted by Crippen LogP contribution is 2.45. The predicted octanol–water partition coefficient (Wildman–Crippen LogP) is 4.85. The molecule has 0 aromatic carbocycles. The Morgan fingerprint density at radius 1 is 1.12 bits per heavy atom. The Bertz CT molecular complexity index is 1160. The van der Waals surface area contributed by atoms with Crippen molar-refractivity contribution in [1.29, 1.82) is 0 Å². The van der Waals surface area contributed by atoms with Crippen LogP contribution in [0.3, 0.4) is 0 Å². The number of nitrogens with zero attached hydrogens (tertiary/aromatic N) is 6. The van der Waals surface area contributed by atoms with Crippen LogP contribution in [0.25, 0.3) is 10.2 Å². The van der Waals surface area contributed by atoms with Gasteiger partial charge in [-0.25, -0.2) is 9.97 Å². The molecule has 4 heterocycles. The summed E-state index contributed by atoms with van der Waals surface area (Å²) in [7, 11) is 0. The molecule has 0 radical (unpaired) electrons. The van der Waals surface area contributed by atoms with Crippen LogP contribution in [0.1, 0.15) is 74.1 Å². The van der Waals surface area contributed by atoms with E-state index in [0.717, 1.165) is 78.3 Å². The van der Waals surface area contributed by atoms with Crippen molar-refractivity contribution >= 4 is 33.3 Å². The Balaban J connectivity index is 1.42. The van der Waals surface area contributed by atoms with E-state index in [4.69, 9.17) is 14.7 Å². The highest BCUT2D eigenvalue weighted by atomic mass is 32.2. The molecule has 0 N–H and O–H groups in total. The van der Waals surface area contributed by atoms with Crippen LogP contribution in [0.2, 0.25) is 0 Å². The maximum Gasteiger partial charge on any atom is 0.197 e. The van der Waals surface area contributed by atoms with Crippen molar-refractivity contribution in [2.45, 2.75) is 81.6 Å². The van der Waals surface area contributed by atoms with Gasteiger partial charge in [0.15, 0.2) is 5.16 Å². The molecule has 2 aliphatic carbocycles.